The molecule has 2 aromatic carbocycles. The van der Waals surface area contributed by atoms with Gasteiger partial charge in [0.15, 0.2) is 5.13 Å². The molecular formula is C26H32N4O2S. The van der Waals surface area contributed by atoms with Gasteiger partial charge in [-0.15, -0.1) is 0 Å². The molecule has 0 atom stereocenters. The van der Waals surface area contributed by atoms with E-state index in [1.165, 1.54) is 28.7 Å². The van der Waals surface area contributed by atoms with Gasteiger partial charge in [0.1, 0.15) is 11.3 Å². The van der Waals surface area contributed by atoms with Gasteiger partial charge in [-0.05, 0) is 68.0 Å². The molecule has 1 saturated heterocycles. The number of piperazine rings is 1. The van der Waals surface area contributed by atoms with E-state index in [4.69, 9.17) is 9.72 Å². The summed E-state index contributed by atoms with van der Waals surface area (Å²) in [5.74, 6) is 0.910. The summed E-state index contributed by atoms with van der Waals surface area (Å²) in [6.45, 7) is 8.04. The highest BCUT2D eigenvalue weighted by Gasteiger charge is 2.21. The molecular weight excluding hydrogens is 432 g/mol. The number of nitrogens with zero attached hydrogens (tertiary/aromatic N) is 3. The number of hydrogen-bond donors (Lipinski definition) is 1. The molecule has 1 N–H and O–H groups in total. The van der Waals surface area contributed by atoms with Crippen molar-refractivity contribution in [3.05, 3.63) is 53.1 Å². The smallest absolute Gasteiger partial charge is 0.251 e. The number of para-hydroxylation sites is 1. The number of aromatic nitrogens is 1. The van der Waals surface area contributed by atoms with Crippen molar-refractivity contribution in [3.63, 3.8) is 0 Å². The van der Waals surface area contributed by atoms with Crippen molar-refractivity contribution in [2.75, 3.05) is 50.8 Å². The van der Waals surface area contributed by atoms with Crippen molar-refractivity contribution >= 4 is 32.6 Å². The molecule has 6 nitrogen and oxygen atoms in total. The molecule has 2 heterocycles. The lowest BCUT2D eigenvalue weighted by Crippen LogP contribution is -2.48. The predicted molar refractivity (Wildman–Crippen MR) is 135 cm³/mol. The number of fused-ring (bicyclic) bond motifs is 2. The van der Waals surface area contributed by atoms with Gasteiger partial charge in [-0.3, -0.25) is 9.69 Å². The summed E-state index contributed by atoms with van der Waals surface area (Å²) in [4.78, 5) is 22.3. The lowest BCUT2D eigenvalue weighted by molar-refractivity contribution is 0.0947. The van der Waals surface area contributed by atoms with Gasteiger partial charge in [-0.25, -0.2) is 4.98 Å². The Kier molecular flexibility index (Phi) is 6.78. The highest BCUT2D eigenvalue weighted by Crippen LogP contribution is 2.34. The average Bonchev–Trinajstić information content (AvgIpc) is 3.30. The van der Waals surface area contributed by atoms with Crippen molar-refractivity contribution in [2.45, 2.75) is 32.6 Å². The monoisotopic (exact) mass is 464 g/mol. The van der Waals surface area contributed by atoms with Crippen LogP contribution in [0.25, 0.3) is 10.2 Å². The first-order valence-electron chi connectivity index (χ1n) is 12.1. The van der Waals surface area contributed by atoms with E-state index in [9.17, 15) is 4.79 Å². The molecule has 0 bridgehead atoms. The van der Waals surface area contributed by atoms with Crippen molar-refractivity contribution < 1.29 is 9.53 Å². The average molecular weight is 465 g/mol. The molecule has 1 amide bonds. The number of amides is 1. The first kappa shape index (κ1) is 22.2. The van der Waals surface area contributed by atoms with E-state index in [2.05, 4.69) is 33.3 Å². The van der Waals surface area contributed by atoms with E-state index < -0.39 is 0 Å². The number of thiazole rings is 1. The Morgan fingerprint density at radius 2 is 1.91 bits per heavy atom. The lowest BCUT2D eigenvalue weighted by Gasteiger charge is -2.34. The Morgan fingerprint density at radius 3 is 2.73 bits per heavy atom. The molecule has 5 rings (SSSR count). The minimum Gasteiger partial charge on any atom is -0.492 e. The van der Waals surface area contributed by atoms with Crippen molar-refractivity contribution in [3.8, 4) is 5.75 Å². The Hall–Kier alpha value is -2.64. The van der Waals surface area contributed by atoms with Gasteiger partial charge in [0, 0.05) is 44.8 Å². The topological polar surface area (TPSA) is 57.7 Å². The lowest BCUT2D eigenvalue weighted by atomic mass is 9.90. The molecule has 7 heteroatoms. The minimum absolute atomic E-state index is 0.0431. The standard InChI is InChI=1S/C26H32N4O2S/c1-2-32-22-8-5-9-23-24(22)28-26(33-23)30-16-14-29(15-17-30)13-12-27-25(31)21-11-10-19-6-3-4-7-20(19)18-21/h5,8-11,18H,2-4,6-7,12-17H2,1H3,(H,27,31). The zero-order chi connectivity index (χ0) is 22.6. The van der Waals surface area contributed by atoms with Gasteiger partial charge in [0.25, 0.3) is 5.91 Å². The zero-order valence-electron chi connectivity index (χ0n) is 19.3. The zero-order valence-corrected chi connectivity index (χ0v) is 20.1. The van der Waals surface area contributed by atoms with Crippen LogP contribution in [0.3, 0.4) is 0 Å². The number of benzene rings is 2. The minimum atomic E-state index is 0.0431. The molecule has 2 aliphatic rings. The van der Waals surface area contributed by atoms with E-state index in [-0.39, 0.29) is 5.91 Å². The van der Waals surface area contributed by atoms with E-state index >= 15 is 0 Å². The van der Waals surface area contributed by atoms with Crippen LogP contribution in [0.1, 0.15) is 41.3 Å². The van der Waals surface area contributed by atoms with Gasteiger partial charge < -0.3 is 15.0 Å². The number of carbonyl (C=O) groups excluding carboxylic acids is 1. The molecule has 3 aromatic rings. The van der Waals surface area contributed by atoms with Gasteiger partial charge in [-0.2, -0.15) is 0 Å². The van der Waals surface area contributed by atoms with Crippen molar-refractivity contribution in [1.82, 2.24) is 15.2 Å². The fraction of sp³-hybridized carbons (Fsp3) is 0.462. The fourth-order valence-electron chi connectivity index (χ4n) is 4.79. The molecule has 0 radical (unpaired) electrons. The first-order chi connectivity index (χ1) is 16.2. The number of ether oxygens (including phenoxy) is 1. The molecule has 1 aliphatic heterocycles. The SMILES string of the molecule is CCOc1cccc2sc(N3CCN(CCNC(=O)c4ccc5c(c4)CCCC5)CC3)nc12. The second-order valence-electron chi connectivity index (χ2n) is 8.81. The largest absolute Gasteiger partial charge is 0.492 e. The summed E-state index contributed by atoms with van der Waals surface area (Å²) < 4.78 is 6.91. The fourth-order valence-corrected chi connectivity index (χ4v) is 5.82. The first-order valence-corrected chi connectivity index (χ1v) is 12.9. The molecule has 1 aromatic heterocycles. The molecule has 1 fully saturated rings. The number of nitrogens with one attached hydrogen (secondary N) is 1. The second kappa shape index (κ2) is 10.1. The van der Waals surface area contributed by atoms with Crippen LogP contribution >= 0.6 is 11.3 Å². The Labute approximate surface area is 199 Å². The van der Waals surface area contributed by atoms with Crippen LogP contribution in [0, 0.1) is 0 Å². The normalized spacial score (nSPS) is 16.6. The molecule has 1 aliphatic carbocycles. The molecule has 33 heavy (non-hydrogen) atoms. The number of carbonyl (C=O) groups is 1. The summed E-state index contributed by atoms with van der Waals surface area (Å²) in [7, 11) is 0. The summed E-state index contributed by atoms with van der Waals surface area (Å²) in [6, 6.07) is 12.4. The molecule has 0 unspecified atom stereocenters. The Bertz CT molecular complexity index is 1120. The molecule has 0 saturated carbocycles. The Balaban J connectivity index is 1.11. The second-order valence-corrected chi connectivity index (χ2v) is 9.82. The highest BCUT2D eigenvalue weighted by atomic mass is 32.1. The maximum Gasteiger partial charge on any atom is 0.251 e. The molecule has 174 valence electrons. The maximum atomic E-state index is 12.6. The summed E-state index contributed by atoms with van der Waals surface area (Å²) in [5, 5.41) is 4.18. The van der Waals surface area contributed by atoms with Crippen LogP contribution in [0.2, 0.25) is 0 Å². The van der Waals surface area contributed by atoms with Crippen LogP contribution in [-0.4, -0.2) is 61.7 Å². The number of aryl methyl sites for hydroxylation is 2. The highest BCUT2D eigenvalue weighted by molar-refractivity contribution is 7.22. The van der Waals surface area contributed by atoms with Gasteiger partial charge >= 0.3 is 0 Å². The van der Waals surface area contributed by atoms with Crippen LogP contribution in [0.5, 0.6) is 5.75 Å². The van der Waals surface area contributed by atoms with Crippen LogP contribution in [-0.2, 0) is 12.8 Å². The summed E-state index contributed by atoms with van der Waals surface area (Å²) in [5.41, 5.74) is 4.53. The number of hydrogen-bond acceptors (Lipinski definition) is 6. The third kappa shape index (κ3) is 4.99. The van der Waals surface area contributed by atoms with Crippen LogP contribution < -0.4 is 15.0 Å². The van der Waals surface area contributed by atoms with E-state index in [0.29, 0.717) is 13.2 Å². The van der Waals surface area contributed by atoms with Gasteiger partial charge in [0.05, 0.1) is 11.3 Å². The third-order valence-corrected chi connectivity index (χ3v) is 7.72. The maximum absolute atomic E-state index is 12.6. The molecule has 0 spiro atoms. The van der Waals surface area contributed by atoms with Crippen LogP contribution in [0.4, 0.5) is 5.13 Å². The van der Waals surface area contributed by atoms with Crippen molar-refractivity contribution in [2.24, 2.45) is 0 Å². The van der Waals surface area contributed by atoms with E-state index in [1.54, 1.807) is 11.3 Å². The quantitative estimate of drug-likeness (QED) is 0.570. The van der Waals surface area contributed by atoms with Gasteiger partial charge in [-0.1, -0.05) is 23.5 Å². The summed E-state index contributed by atoms with van der Waals surface area (Å²) >= 11 is 1.73. The summed E-state index contributed by atoms with van der Waals surface area (Å²) in [6.07, 6.45) is 4.74. The van der Waals surface area contributed by atoms with E-state index in [1.807, 2.05) is 25.1 Å². The predicted octanol–water partition coefficient (Wildman–Crippen LogP) is 4.13. The van der Waals surface area contributed by atoms with Crippen molar-refractivity contribution in [1.29, 1.82) is 0 Å². The third-order valence-electron chi connectivity index (χ3n) is 6.64. The van der Waals surface area contributed by atoms with Crippen LogP contribution in [0.15, 0.2) is 36.4 Å². The van der Waals surface area contributed by atoms with E-state index in [0.717, 1.165) is 67.5 Å². The number of rotatable bonds is 7. The number of anilines is 1. The Morgan fingerprint density at radius 1 is 1.09 bits per heavy atom. The van der Waals surface area contributed by atoms with Gasteiger partial charge in [0.2, 0.25) is 0 Å².